The minimum absolute atomic E-state index is 0.163. The van der Waals surface area contributed by atoms with Crippen molar-refractivity contribution >= 4 is 5.97 Å². The van der Waals surface area contributed by atoms with Gasteiger partial charge < -0.3 is 10.2 Å². The molecule has 0 aromatic heterocycles. The molecule has 4 aliphatic rings. The second-order valence-electron chi connectivity index (χ2n) is 8.13. The van der Waals surface area contributed by atoms with Gasteiger partial charge in [-0.3, -0.25) is 4.79 Å². The first-order chi connectivity index (χ1) is 8.71. The van der Waals surface area contributed by atoms with Gasteiger partial charge in [-0.2, -0.15) is 0 Å². The standard InChI is InChI=1S/C16H26O3/c1-10(2)14(3,19)16-7-11-4-12(8-16)6-15(5-11,9-16)13(17)18/h10-12,19H,4-9H2,1-3H3,(H,17,18). The molecule has 0 amide bonds. The highest BCUT2D eigenvalue weighted by Gasteiger charge is 2.65. The number of hydrogen-bond acceptors (Lipinski definition) is 2. The van der Waals surface area contributed by atoms with Gasteiger partial charge in [0.1, 0.15) is 0 Å². The van der Waals surface area contributed by atoms with E-state index in [1.807, 2.05) is 6.92 Å². The average Bonchev–Trinajstić information content (AvgIpc) is 2.26. The Labute approximate surface area is 115 Å². The predicted octanol–water partition coefficient (Wildman–Crippen LogP) is 3.06. The van der Waals surface area contributed by atoms with E-state index in [-0.39, 0.29) is 11.3 Å². The molecule has 3 unspecified atom stereocenters. The van der Waals surface area contributed by atoms with Crippen LogP contribution in [0.15, 0.2) is 0 Å². The largest absolute Gasteiger partial charge is 0.481 e. The Kier molecular flexibility index (Phi) is 2.65. The zero-order valence-corrected chi connectivity index (χ0v) is 12.3. The SMILES string of the molecule is CC(C)C(C)(O)C12CC3CC(CC(C(=O)O)(C3)C1)C2. The molecule has 4 fully saturated rings. The second-order valence-corrected chi connectivity index (χ2v) is 8.13. The number of hydrogen-bond donors (Lipinski definition) is 2. The van der Waals surface area contributed by atoms with E-state index in [1.54, 1.807) is 0 Å². The first-order valence-electron chi connectivity index (χ1n) is 7.67. The molecule has 4 rings (SSSR count). The summed E-state index contributed by atoms with van der Waals surface area (Å²) in [6.45, 7) is 6.07. The predicted molar refractivity (Wildman–Crippen MR) is 72.6 cm³/mol. The van der Waals surface area contributed by atoms with Crippen molar-refractivity contribution in [1.82, 2.24) is 0 Å². The number of rotatable bonds is 3. The van der Waals surface area contributed by atoms with E-state index in [1.165, 1.54) is 6.42 Å². The van der Waals surface area contributed by atoms with E-state index in [4.69, 9.17) is 0 Å². The summed E-state index contributed by atoms with van der Waals surface area (Å²) in [5.41, 5.74) is -1.45. The van der Waals surface area contributed by atoms with Gasteiger partial charge in [0, 0.05) is 5.41 Å². The summed E-state index contributed by atoms with van der Waals surface area (Å²) >= 11 is 0. The topological polar surface area (TPSA) is 57.5 Å². The van der Waals surface area contributed by atoms with Crippen LogP contribution in [0.4, 0.5) is 0 Å². The fraction of sp³-hybridized carbons (Fsp3) is 0.938. The van der Waals surface area contributed by atoms with Crippen molar-refractivity contribution in [2.24, 2.45) is 28.6 Å². The number of carbonyl (C=O) groups is 1. The Morgan fingerprint density at radius 3 is 2.16 bits per heavy atom. The Hall–Kier alpha value is -0.570. The van der Waals surface area contributed by atoms with Crippen LogP contribution in [0.1, 0.15) is 59.3 Å². The third kappa shape index (κ3) is 1.63. The van der Waals surface area contributed by atoms with Gasteiger partial charge in [-0.1, -0.05) is 13.8 Å². The van der Waals surface area contributed by atoms with Crippen LogP contribution in [0.3, 0.4) is 0 Å². The molecule has 0 aromatic rings. The van der Waals surface area contributed by atoms with Crippen LogP contribution in [0.2, 0.25) is 0 Å². The van der Waals surface area contributed by atoms with E-state index < -0.39 is 17.0 Å². The Morgan fingerprint density at radius 2 is 1.74 bits per heavy atom. The van der Waals surface area contributed by atoms with E-state index in [9.17, 15) is 15.0 Å². The van der Waals surface area contributed by atoms with Crippen molar-refractivity contribution in [3.05, 3.63) is 0 Å². The van der Waals surface area contributed by atoms with Crippen molar-refractivity contribution < 1.29 is 15.0 Å². The molecule has 108 valence electrons. The zero-order valence-electron chi connectivity index (χ0n) is 12.3. The van der Waals surface area contributed by atoms with Gasteiger partial charge in [0.15, 0.2) is 0 Å². The zero-order chi connectivity index (χ0) is 14.1. The third-order valence-corrected chi connectivity index (χ3v) is 6.71. The summed E-state index contributed by atoms with van der Waals surface area (Å²) in [4.78, 5) is 11.8. The summed E-state index contributed by atoms with van der Waals surface area (Å²) in [6.07, 6.45) is 5.62. The van der Waals surface area contributed by atoms with Crippen LogP contribution in [0, 0.1) is 28.6 Å². The molecule has 3 nitrogen and oxygen atoms in total. The average molecular weight is 266 g/mol. The van der Waals surface area contributed by atoms with Gasteiger partial charge >= 0.3 is 5.97 Å². The van der Waals surface area contributed by atoms with Gasteiger partial charge in [-0.25, -0.2) is 0 Å². The summed E-state index contributed by atoms with van der Waals surface area (Å²) in [5, 5.41) is 20.8. The lowest BCUT2D eigenvalue weighted by Crippen LogP contribution is -2.63. The van der Waals surface area contributed by atoms with Crippen molar-refractivity contribution in [1.29, 1.82) is 0 Å². The molecule has 4 bridgehead atoms. The number of aliphatic hydroxyl groups is 1. The minimum atomic E-state index is -0.745. The molecule has 19 heavy (non-hydrogen) atoms. The fourth-order valence-corrected chi connectivity index (χ4v) is 5.72. The lowest BCUT2D eigenvalue weighted by molar-refractivity contribution is -0.220. The molecular formula is C16H26O3. The molecule has 0 aliphatic heterocycles. The van der Waals surface area contributed by atoms with E-state index in [0.717, 1.165) is 25.7 Å². The maximum atomic E-state index is 11.8. The van der Waals surface area contributed by atoms with Crippen LogP contribution in [0.25, 0.3) is 0 Å². The van der Waals surface area contributed by atoms with Crippen LogP contribution >= 0.6 is 0 Å². The van der Waals surface area contributed by atoms with Gasteiger partial charge in [-0.15, -0.1) is 0 Å². The van der Waals surface area contributed by atoms with E-state index in [2.05, 4.69) is 13.8 Å². The van der Waals surface area contributed by atoms with Gasteiger partial charge in [0.25, 0.3) is 0 Å². The maximum absolute atomic E-state index is 11.8. The van der Waals surface area contributed by atoms with Crippen molar-refractivity contribution in [2.75, 3.05) is 0 Å². The van der Waals surface area contributed by atoms with Crippen molar-refractivity contribution in [3.8, 4) is 0 Å². The maximum Gasteiger partial charge on any atom is 0.309 e. The monoisotopic (exact) mass is 266 g/mol. The first-order valence-corrected chi connectivity index (χ1v) is 7.67. The smallest absolute Gasteiger partial charge is 0.309 e. The molecule has 0 aromatic carbocycles. The van der Waals surface area contributed by atoms with Gasteiger partial charge in [-0.05, 0) is 63.2 Å². The quantitative estimate of drug-likeness (QED) is 0.825. The lowest BCUT2D eigenvalue weighted by atomic mass is 9.40. The van der Waals surface area contributed by atoms with E-state index in [0.29, 0.717) is 18.3 Å². The highest BCUT2D eigenvalue weighted by molar-refractivity contribution is 5.75. The summed E-state index contributed by atoms with van der Waals surface area (Å²) in [7, 11) is 0. The summed E-state index contributed by atoms with van der Waals surface area (Å²) < 4.78 is 0. The van der Waals surface area contributed by atoms with Gasteiger partial charge in [0.05, 0.1) is 11.0 Å². The number of carboxylic acid groups (broad SMARTS) is 1. The van der Waals surface area contributed by atoms with Crippen LogP contribution in [0.5, 0.6) is 0 Å². The van der Waals surface area contributed by atoms with Crippen molar-refractivity contribution in [2.45, 2.75) is 64.9 Å². The Balaban J connectivity index is 2.03. The highest BCUT2D eigenvalue weighted by atomic mass is 16.4. The molecule has 3 atom stereocenters. The highest BCUT2D eigenvalue weighted by Crippen LogP contribution is 2.69. The molecule has 0 heterocycles. The lowest BCUT2D eigenvalue weighted by Gasteiger charge is -2.65. The van der Waals surface area contributed by atoms with Crippen LogP contribution < -0.4 is 0 Å². The summed E-state index contributed by atoms with van der Waals surface area (Å²) in [6, 6.07) is 0. The molecule has 3 heteroatoms. The molecule has 2 N–H and O–H groups in total. The molecule has 0 radical (unpaired) electrons. The molecule has 4 saturated carbocycles. The second kappa shape index (κ2) is 3.75. The Bertz CT molecular complexity index is 396. The molecule has 0 spiro atoms. The van der Waals surface area contributed by atoms with Crippen molar-refractivity contribution in [3.63, 3.8) is 0 Å². The van der Waals surface area contributed by atoms with E-state index >= 15 is 0 Å². The normalized spacial score (nSPS) is 47.4. The Morgan fingerprint density at radius 1 is 1.21 bits per heavy atom. The third-order valence-electron chi connectivity index (χ3n) is 6.71. The number of aliphatic carboxylic acids is 1. The first kappa shape index (κ1) is 13.4. The molecule has 4 aliphatic carbocycles. The molecule has 0 saturated heterocycles. The summed E-state index contributed by atoms with van der Waals surface area (Å²) in [5.74, 6) is 0.588. The van der Waals surface area contributed by atoms with Crippen LogP contribution in [-0.4, -0.2) is 21.8 Å². The van der Waals surface area contributed by atoms with Crippen LogP contribution in [-0.2, 0) is 4.79 Å². The fourth-order valence-electron chi connectivity index (χ4n) is 5.72. The number of carboxylic acids is 1. The minimum Gasteiger partial charge on any atom is -0.481 e. The molecular weight excluding hydrogens is 240 g/mol. The van der Waals surface area contributed by atoms with Gasteiger partial charge in [0.2, 0.25) is 0 Å².